The highest BCUT2D eigenvalue weighted by Crippen LogP contribution is 2.13. The van der Waals surface area contributed by atoms with E-state index >= 15 is 0 Å². The van der Waals surface area contributed by atoms with E-state index in [-0.39, 0.29) is 17.3 Å². The molecule has 0 saturated heterocycles. The molecule has 0 saturated carbocycles. The van der Waals surface area contributed by atoms with Gasteiger partial charge in [-0.05, 0) is 28.6 Å². The molecular formula is C9H10N6O3S. The lowest BCUT2D eigenvalue weighted by atomic mass is 10.3. The molecular weight excluding hydrogens is 272 g/mol. The van der Waals surface area contributed by atoms with Crippen molar-refractivity contribution in [2.24, 2.45) is 5.14 Å². The Labute approximate surface area is 108 Å². The molecule has 0 radical (unpaired) electrons. The smallest absolute Gasteiger partial charge is 0.246 e. The molecule has 3 N–H and O–H groups in total. The minimum atomic E-state index is -3.80. The Morgan fingerprint density at radius 3 is 2.84 bits per heavy atom. The molecule has 0 unspecified atom stereocenters. The maximum Gasteiger partial charge on any atom is 0.246 e. The summed E-state index contributed by atoms with van der Waals surface area (Å²) in [6, 6.07) is 5.64. The van der Waals surface area contributed by atoms with Crippen molar-refractivity contribution in [3.63, 3.8) is 0 Å². The highest BCUT2D eigenvalue weighted by atomic mass is 32.2. The topological polar surface area (TPSA) is 133 Å². The van der Waals surface area contributed by atoms with Crippen LogP contribution in [0.25, 0.3) is 0 Å². The van der Waals surface area contributed by atoms with Gasteiger partial charge >= 0.3 is 0 Å². The van der Waals surface area contributed by atoms with Crippen molar-refractivity contribution < 1.29 is 13.2 Å². The molecule has 2 aromatic rings. The van der Waals surface area contributed by atoms with Crippen LogP contribution in [0.5, 0.6) is 0 Å². The van der Waals surface area contributed by atoms with E-state index in [1.54, 1.807) is 6.07 Å². The first-order valence-corrected chi connectivity index (χ1v) is 6.63. The molecule has 19 heavy (non-hydrogen) atoms. The molecule has 1 heterocycles. The molecule has 10 heteroatoms. The first kappa shape index (κ1) is 13.1. The van der Waals surface area contributed by atoms with Gasteiger partial charge in [-0.3, -0.25) is 4.79 Å². The van der Waals surface area contributed by atoms with Crippen LogP contribution in [0.3, 0.4) is 0 Å². The summed E-state index contributed by atoms with van der Waals surface area (Å²) in [5.74, 6) is -0.390. The molecule has 0 spiro atoms. The van der Waals surface area contributed by atoms with Crippen molar-refractivity contribution in [2.45, 2.75) is 11.4 Å². The summed E-state index contributed by atoms with van der Waals surface area (Å²) >= 11 is 0. The fourth-order valence-corrected chi connectivity index (χ4v) is 1.91. The van der Waals surface area contributed by atoms with Gasteiger partial charge in [0.05, 0.1) is 4.90 Å². The van der Waals surface area contributed by atoms with E-state index in [0.29, 0.717) is 5.69 Å². The number of amides is 1. The van der Waals surface area contributed by atoms with Crippen LogP contribution in [0, 0.1) is 0 Å². The molecule has 100 valence electrons. The molecule has 0 aliphatic carbocycles. The maximum absolute atomic E-state index is 11.6. The van der Waals surface area contributed by atoms with Crippen LogP contribution in [-0.2, 0) is 21.4 Å². The van der Waals surface area contributed by atoms with Crippen molar-refractivity contribution >= 4 is 21.6 Å². The lowest BCUT2D eigenvalue weighted by Gasteiger charge is -2.06. The molecule has 0 atom stereocenters. The largest absolute Gasteiger partial charge is 0.324 e. The van der Waals surface area contributed by atoms with E-state index in [0.717, 1.165) is 0 Å². The van der Waals surface area contributed by atoms with Crippen LogP contribution in [0.2, 0.25) is 0 Å². The molecule has 0 fully saturated rings. The lowest BCUT2D eigenvalue weighted by molar-refractivity contribution is -0.116. The number of nitrogens with zero attached hydrogens (tertiary/aromatic N) is 4. The number of hydrogen-bond donors (Lipinski definition) is 2. The average Bonchev–Trinajstić information content (AvgIpc) is 2.80. The minimum absolute atomic E-state index is 0.0762. The van der Waals surface area contributed by atoms with E-state index in [4.69, 9.17) is 5.14 Å². The van der Waals surface area contributed by atoms with Gasteiger partial charge in [-0.1, -0.05) is 6.07 Å². The van der Waals surface area contributed by atoms with Crippen LogP contribution in [0.4, 0.5) is 5.69 Å². The van der Waals surface area contributed by atoms with Gasteiger partial charge in [0.2, 0.25) is 15.9 Å². The molecule has 9 nitrogen and oxygen atoms in total. The molecule has 0 aliphatic heterocycles. The van der Waals surface area contributed by atoms with Gasteiger partial charge in [0.1, 0.15) is 12.9 Å². The van der Waals surface area contributed by atoms with Gasteiger partial charge in [-0.2, -0.15) is 0 Å². The van der Waals surface area contributed by atoms with Gasteiger partial charge in [0, 0.05) is 5.69 Å². The summed E-state index contributed by atoms with van der Waals surface area (Å²) < 4.78 is 23.6. The maximum atomic E-state index is 11.6. The van der Waals surface area contributed by atoms with E-state index in [9.17, 15) is 13.2 Å². The van der Waals surface area contributed by atoms with Crippen LogP contribution >= 0.6 is 0 Å². The number of carbonyl (C=O) groups is 1. The number of anilines is 1. The zero-order valence-electron chi connectivity index (χ0n) is 9.59. The second-order valence-electron chi connectivity index (χ2n) is 3.63. The predicted molar refractivity (Wildman–Crippen MR) is 64.3 cm³/mol. The average molecular weight is 282 g/mol. The number of benzene rings is 1. The SMILES string of the molecule is NS(=O)(=O)c1cccc(NC(=O)Cn2cnnn2)c1. The van der Waals surface area contributed by atoms with Crippen molar-refractivity contribution in [3.8, 4) is 0 Å². The second kappa shape index (κ2) is 5.12. The molecule has 1 aromatic heterocycles. The zero-order chi connectivity index (χ0) is 13.9. The quantitative estimate of drug-likeness (QED) is 0.735. The number of sulfonamides is 1. The highest BCUT2D eigenvalue weighted by molar-refractivity contribution is 7.89. The minimum Gasteiger partial charge on any atom is -0.324 e. The van der Waals surface area contributed by atoms with Crippen LogP contribution in [-0.4, -0.2) is 34.5 Å². The number of carbonyl (C=O) groups excluding carboxylic acids is 1. The van der Waals surface area contributed by atoms with E-state index < -0.39 is 10.0 Å². The third-order valence-corrected chi connectivity index (χ3v) is 3.05. The fraction of sp³-hybridized carbons (Fsp3) is 0.111. The normalized spacial score (nSPS) is 11.2. The first-order valence-electron chi connectivity index (χ1n) is 5.08. The van der Waals surface area contributed by atoms with Gasteiger partial charge in [-0.15, -0.1) is 5.10 Å². The number of hydrogen-bond acceptors (Lipinski definition) is 6. The summed E-state index contributed by atoms with van der Waals surface area (Å²) in [4.78, 5) is 11.6. The third-order valence-electron chi connectivity index (χ3n) is 2.14. The number of nitrogens with one attached hydrogen (secondary N) is 1. The van der Waals surface area contributed by atoms with E-state index in [2.05, 4.69) is 20.8 Å². The zero-order valence-corrected chi connectivity index (χ0v) is 10.4. The van der Waals surface area contributed by atoms with Gasteiger partial charge < -0.3 is 5.32 Å². The van der Waals surface area contributed by atoms with Gasteiger partial charge in [0.25, 0.3) is 0 Å². The molecule has 0 bridgehead atoms. The Morgan fingerprint density at radius 1 is 1.42 bits per heavy atom. The number of aromatic nitrogens is 4. The van der Waals surface area contributed by atoms with Gasteiger partial charge in [0.15, 0.2) is 0 Å². The van der Waals surface area contributed by atoms with Crippen LogP contribution in [0.15, 0.2) is 35.5 Å². The molecule has 2 rings (SSSR count). The summed E-state index contributed by atoms with van der Waals surface area (Å²) in [6.07, 6.45) is 1.29. The van der Waals surface area contributed by atoms with E-state index in [1.807, 2.05) is 0 Å². The Bertz CT molecular complexity index is 682. The first-order chi connectivity index (χ1) is 8.95. The number of nitrogens with two attached hydrogens (primary N) is 1. The molecule has 1 aromatic carbocycles. The van der Waals surface area contributed by atoms with Crippen molar-refractivity contribution in [2.75, 3.05) is 5.32 Å². The third kappa shape index (κ3) is 3.56. The van der Waals surface area contributed by atoms with Gasteiger partial charge in [-0.25, -0.2) is 18.2 Å². The Balaban J connectivity index is 2.09. The summed E-state index contributed by atoms with van der Waals surface area (Å²) in [5.41, 5.74) is 0.324. The number of primary sulfonamides is 1. The fourth-order valence-electron chi connectivity index (χ4n) is 1.35. The highest BCUT2D eigenvalue weighted by Gasteiger charge is 2.10. The monoisotopic (exact) mass is 282 g/mol. The lowest BCUT2D eigenvalue weighted by Crippen LogP contribution is -2.19. The number of rotatable bonds is 4. The van der Waals surface area contributed by atoms with Crippen LogP contribution < -0.4 is 10.5 Å². The van der Waals surface area contributed by atoms with Crippen molar-refractivity contribution in [3.05, 3.63) is 30.6 Å². The van der Waals surface area contributed by atoms with Crippen molar-refractivity contribution in [1.82, 2.24) is 20.2 Å². The molecule has 0 aliphatic rings. The standard InChI is InChI=1S/C9H10N6O3S/c10-19(17,18)8-3-1-2-7(4-8)12-9(16)5-15-6-11-13-14-15/h1-4,6H,5H2,(H,12,16)(H2,10,17,18). The Morgan fingerprint density at radius 2 is 2.21 bits per heavy atom. The predicted octanol–water partition coefficient (Wildman–Crippen LogP) is -1.04. The summed E-state index contributed by atoms with van der Waals surface area (Å²) in [7, 11) is -3.80. The second-order valence-corrected chi connectivity index (χ2v) is 5.19. The summed E-state index contributed by atoms with van der Waals surface area (Å²) in [5, 5.41) is 17.8. The molecule has 1 amide bonds. The van der Waals surface area contributed by atoms with E-state index in [1.165, 1.54) is 29.2 Å². The Kier molecular flexibility index (Phi) is 3.53. The van der Waals surface area contributed by atoms with Crippen LogP contribution in [0.1, 0.15) is 0 Å². The van der Waals surface area contributed by atoms with Crippen molar-refractivity contribution in [1.29, 1.82) is 0 Å². The summed E-state index contributed by atoms with van der Waals surface area (Å²) in [6.45, 7) is -0.0768. The Hall–Kier alpha value is -2.33. The number of tetrazole rings is 1.